The van der Waals surface area contributed by atoms with Crippen molar-refractivity contribution in [3.63, 3.8) is 0 Å². The zero-order chi connectivity index (χ0) is 23.7. The van der Waals surface area contributed by atoms with Gasteiger partial charge < -0.3 is 25.4 Å². The number of carbonyl (C=O) groups excluding carboxylic acids is 1. The summed E-state index contributed by atoms with van der Waals surface area (Å²) in [5, 5.41) is 3.26. The van der Waals surface area contributed by atoms with Gasteiger partial charge in [-0.3, -0.25) is 0 Å². The lowest BCUT2D eigenvalue weighted by atomic mass is 10.2. The number of nitrogens with one attached hydrogen (secondary N) is 1. The normalized spacial score (nSPS) is 13.0. The number of nitrogens with two attached hydrogens (primary N) is 1. The first-order valence-corrected chi connectivity index (χ1v) is 10.9. The highest BCUT2D eigenvalue weighted by Crippen LogP contribution is 2.32. The quantitative estimate of drug-likeness (QED) is 0.531. The van der Waals surface area contributed by atoms with Crippen molar-refractivity contribution in [3.05, 3.63) is 67.0 Å². The van der Waals surface area contributed by atoms with E-state index in [0.29, 0.717) is 5.88 Å². The summed E-state index contributed by atoms with van der Waals surface area (Å²) in [5.41, 5.74) is 6.29. The summed E-state index contributed by atoms with van der Waals surface area (Å²) in [4.78, 5) is 21.0. The molecule has 4 rings (SSSR count). The summed E-state index contributed by atoms with van der Waals surface area (Å²) in [6.45, 7) is 7.41. The molecule has 1 amide bonds. The van der Waals surface area contributed by atoms with E-state index in [-0.39, 0.29) is 0 Å². The van der Waals surface area contributed by atoms with Gasteiger partial charge in [-0.05, 0) is 82.1 Å². The molecule has 3 aromatic rings. The van der Waals surface area contributed by atoms with Gasteiger partial charge in [0, 0.05) is 31.2 Å². The van der Waals surface area contributed by atoms with Crippen LogP contribution in [0.5, 0.6) is 11.6 Å². The van der Waals surface area contributed by atoms with E-state index in [1.807, 2.05) is 48.5 Å². The monoisotopic (exact) mass is 449 g/mol. The summed E-state index contributed by atoms with van der Waals surface area (Å²) in [7, 11) is 0. The van der Waals surface area contributed by atoms with E-state index in [4.69, 9.17) is 10.5 Å². The molecule has 33 heavy (non-hydrogen) atoms. The van der Waals surface area contributed by atoms with Gasteiger partial charge in [0.1, 0.15) is 22.9 Å². The van der Waals surface area contributed by atoms with Crippen molar-refractivity contribution in [1.82, 2.24) is 9.97 Å². The maximum Gasteiger partial charge on any atom is 0.405 e. The molecular formula is C25H31N5O3. The third-order valence-electron chi connectivity index (χ3n) is 4.61. The SMILES string of the molecule is CC(C)(C)OC(N)=O.c1ccc(Nc2ccc(Oc3ncccc3N3CCCC3)cc2)nc1. The van der Waals surface area contributed by atoms with E-state index in [9.17, 15) is 4.79 Å². The van der Waals surface area contributed by atoms with Crippen LogP contribution in [0.2, 0.25) is 0 Å². The van der Waals surface area contributed by atoms with Crippen LogP contribution >= 0.6 is 0 Å². The average molecular weight is 450 g/mol. The molecule has 0 aliphatic carbocycles. The molecule has 1 aliphatic heterocycles. The topological polar surface area (TPSA) is 103 Å². The number of ether oxygens (including phenoxy) is 2. The molecule has 1 aromatic carbocycles. The minimum Gasteiger partial charge on any atom is -0.444 e. The highest BCUT2D eigenvalue weighted by atomic mass is 16.6. The van der Waals surface area contributed by atoms with Crippen LogP contribution in [0, 0.1) is 0 Å². The first-order valence-electron chi connectivity index (χ1n) is 10.9. The van der Waals surface area contributed by atoms with Crippen LogP contribution in [0.25, 0.3) is 0 Å². The number of nitrogens with zero attached hydrogens (tertiary/aromatic N) is 3. The van der Waals surface area contributed by atoms with Crippen molar-refractivity contribution >= 4 is 23.3 Å². The molecule has 0 atom stereocenters. The second-order valence-corrected chi connectivity index (χ2v) is 8.52. The molecule has 1 fully saturated rings. The second-order valence-electron chi connectivity index (χ2n) is 8.52. The number of benzene rings is 1. The van der Waals surface area contributed by atoms with Crippen molar-refractivity contribution in [2.24, 2.45) is 5.73 Å². The zero-order valence-corrected chi connectivity index (χ0v) is 19.3. The molecular weight excluding hydrogens is 418 g/mol. The number of anilines is 3. The number of hydrogen-bond acceptors (Lipinski definition) is 7. The molecule has 8 heteroatoms. The van der Waals surface area contributed by atoms with Crippen molar-refractivity contribution in [2.45, 2.75) is 39.2 Å². The van der Waals surface area contributed by atoms with Crippen LogP contribution in [0.4, 0.5) is 22.0 Å². The molecule has 0 radical (unpaired) electrons. The number of primary amides is 1. The fraction of sp³-hybridized carbons (Fsp3) is 0.320. The smallest absolute Gasteiger partial charge is 0.405 e. The molecule has 0 saturated carbocycles. The van der Waals surface area contributed by atoms with E-state index < -0.39 is 11.7 Å². The molecule has 1 aliphatic rings. The van der Waals surface area contributed by atoms with Gasteiger partial charge in [0.15, 0.2) is 0 Å². The summed E-state index contributed by atoms with van der Waals surface area (Å²) in [6.07, 6.45) is 5.26. The Kier molecular flexibility index (Phi) is 8.07. The standard InChI is InChI=1S/C20H20N4O.C5H11NO2/c1-2-12-21-19(7-1)23-16-8-10-17(11-9-16)25-20-18(6-5-13-22-20)24-14-3-4-15-24;1-5(2,3)8-4(6)7/h1-2,5-13H,3-4,14-15H2,(H,21,23);1-3H3,(H2,6,7). The van der Waals surface area contributed by atoms with Gasteiger partial charge in [-0.25, -0.2) is 14.8 Å². The van der Waals surface area contributed by atoms with Crippen LogP contribution in [-0.4, -0.2) is 34.8 Å². The Morgan fingerprint density at radius 3 is 2.24 bits per heavy atom. The predicted molar refractivity (Wildman–Crippen MR) is 130 cm³/mol. The van der Waals surface area contributed by atoms with Gasteiger partial charge in [0.2, 0.25) is 5.88 Å². The Balaban J connectivity index is 0.000000331. The van der Waals surface area contributed by atoms with E-state index in [0.717, 1.165) is 36.0 Å². The van der Waals surface area contributed by atoms with Gasteiger partial charge in [-0.15, -0.1) is 0 Å². The molecule has 1 saturated heterocycles. The maximum atomic E-state index is 10.0. The lowest BCUT2D eigenvalue weighted by Gasteiger charge is -2.20. The van der Waals surface area contributed by atoms with Crippen LogP contribution in [0.3, 0.4) is 0 Å². The predicted octanol–water partition coefficient (Wildman–Crippen LogP) is 5.49. The Labute approximate surface area is 194 Å². The number of carbonyl (C=O) groups is 1. The maximum absolute atomic E-state index is 10.0. The van der Waals surface area contributed by atoms with Gasteiger partial charge in [0.25, 0.3) is 0 Å². The Bertz CT molecular complexity index is 1010. The van der Waals surface area contributed by atoms with Crippen LogP contribution in [-0.2, 0) is 4.74 Å². The summed E-state index contributed by atoms with van der Waals surface area (Å²) in [5.74, 6) is 2.25. The first kappa shape index (κ1) is 23.8. The van der Waals surface area contributed by atoms with Crippen molar-refractivity contribution in [3.8, 4) is 11.6 Å². The average Bonchev–Trinajstić information content (AvgIpc) is 3.30. The van der Waals surface area contributed by atoms with Crippen LogP contribution in [0.1, 0.15) is 33.6 Å². The first-order chi connectivity index (χ1) is 15.8. The Morgan fingerprint density at radius 1 is 0.970 bits per heavy atom. The molecule has 0 unspecified atom stereocenters. The number of hydrogen-bond donors (Lipinski definition) is 2. The number of rotatable bonds is 5. The third kappa shape index (κ3) is 7.99. The van der Waals surface area contributed by atoms with Gasteiger partial charge >= 0.3 is 6.09 Å². The van der Waals surface area contributed by atoms with Crippen molar-refractivity contribution in [1.29, 1.82) is 0 Å². The van der Waals surface area contributed by atoms with E-state index in [1.54, 1.807) is 33.2 Å². The lowest BCUT2D eigenvalue weighted by molar-refractivity contribution is 0.0600. The lowest BCUT2D eigenvalue weighted by Crippen LogP contribution is -2.27. The fourth-order valence-electron chi connectivity index (χ4n) is 3.26. The fourth-order valence-corrected chi connectivity index (χ4v) is 3.26. The Morgan fingerprint density at radius 2 is 1.67 bits per heavy atom. The third-order valence-corrected chi connectivity index (χ3v) is 4.61. The summed E-state index contributed by atoms with van der Waals surface area (Å²) >= 11 is 0. The van der Waals surface area contributed by atoms with Gasteiger partial charge in [-0.2, -0.15) is 0 Å². The molecule has 3 N–H and O–H groups in total. The largest absolute Gasteiger partial charge is 0.444 e. The van der Waals surface area contributed by atoms with Crippen molar-refractivity contribution in [2.75, 3.05) is 23.3 Å². The number of amides is 1. The molecule has 0 spiro atoms. The molecule has 174 valence electrons. The molecule has 8 nitrogen and oxygen atoms in total. The number of aromatic nitrogens is 2. The highest BCUT2D eigenvalue weighted by Gasteiger charge is 2.17. The van der Waals surface area contributed by atoms with Crippen LogP contribution in [0.15, 0.2) is 67.0 Å². The van der Waals surface area contributed by atoms with Crippen molar-refractivity contribution < 1.29 is 14.3 Å². The molecule has 3 heterocycles. The van der Waals surface area contributed by atoms with E-state index >= 15 is 0 Å². The van der Waals surface area contributed by atoms with Gasteiger partial charge in [0.05, 0.1) is 0 Å². The van der Waals surface area contributed by atoms with E-state index in [1.165, 1.54) is 12.8 Å². The minimum absolute atomic E-state index is 0.453. The second kappa shape index (κ2) is 11.2. The summed E-state index contributed by atoms with van der Waals surface area (Å²) in [6, 6.07) is 17.6. The Hall–Kier alpha value is -3.81. The number of pyridine rings is 2. The van der Waals surface area contributed by atoms with Crippen LogP contribution < -0.4 is 20.7 Å². The molecule has 2 aromatic heterocycles. The zero-order valence-electron chi connectivity index (χ0n) is 19.3. The molecule has 0 bridgehead atoms. The minimum atomic E-state index is -0.725. The van der Waals surface area contributed by atoms with E-state index in [2.05, 4.69) is 31.0 Å². The summed E-state index contributed by atoms with van der Waals surface area (Å²) < 4.78 is 10.6. The highest BCUT2D eigenvalue weighted by molar-refractivity contribution is 5.65. The van der Waals surface area contributed by atoms with Gasteiger partial charge in [-0.1, -0.05) is 6.07 Å².